The van der Waals surface area contributed by atoms with E-state index in [1.165, 1.54) is 11.1 Å². The second kappa shape index (κ2) is 8.63. The molecule has 0 fully saturated rings. The van der Waals surface area contributed by atoms with E-state index in [2.05, 4.69) is 53.5 Å². The molecule has 0 aliphatic carbocycles. The Kier molecular flexibility index (Phi) is 6.02. The van der Waals surface area contributed by atoms with Crippen molar-refractivity contribution < 1.29 is 9.53 Å². The van der Waals surface area contributed by atoms with Gasteiger partial charge in [0.1, 0.15) is 6.04 Å². The summed E-state index contributed by atoms with van der Waals surface area (Å²) in [6.07, 6.45) is 5.05. The van der Waals surface area contributed by atoms with Crippen molar-refractivity contribution >= 4 is 5.97 Å². The van der Waals surface area contributed by atoms with Crippen LogP contribution >= 0.6 is 0 Å². The molecular formula is C22H25NO2. The Labute approximate surface area is 149 Å². The molecule has 0 spiro atoms. The number of hydrogen-bond acceptors (Lipinski definition) is 3. The summed E-state index contributed by atoms with van der Waals surface area (Å²) in [7, 11) is 0. The van der Waals surface area contributed by atoms with Crippen LogP contribution in [0.5, 0.6) is 0 Å². The van der Waals surface area contributed by atoms with E-state index in [0.29, 0.717) is 13.0 Å². The molecule has 0 saturated carbocycles. The first-order chi connectivity index (χ1) is 12.3. The highest BCUT2D eigenvalue weighted by atomic mass is 16.5. The maximum Gasteiger partial charge on any atom is 0.323 e. The largest absolute Gasteiger partial charge is 0.465 e. The Bertz CT molecular complexity index is 696. The fraction of sp³-hybridized carbons (Fsp3) is 0.318. The van der Waals surface area contributed by atoms with Crippen LogP contribution in [0.2, 0.25) is 0 Å². The molecule has 3 rings (SSSR count). The van der Waals surface area contributed by atoms with Crippen molar-refractivity contribution in [2.24, 2.45) is 0 Å². The highest BCUT2D eigenvalue weighted by Gasteiger charge is 2.30. The quantitative estimate of drug-likeness (QED) is 0.607. The predicted molar refractivity (Wildman–Crippen MR) is 100 cm³/mol. The highest BCUT2D eigenvalue weighted by molar-refractivity contribution is 5.76. The summed E-state index contributed by atoms with van der Waals surface area (Å²) in [5.41, 5.74) is 2.49. The van der Waals surface area contributed by atoms with Crippen LogP contribution in [-0.2, 0) is 16.1 Å². The van der Waals surface area contributed by atoms with Crippen molar-refractivity contribution in [2.75, 3.05) is 13.2 Å². The summed E-state index contributed by atoms with van der Waals surface area (Å²) in [6.45, 7) is 3.83. The first-order valence-corrected chi connectivity index (χ1v) is 8.94. The van der Waals surface area contributed by atoms with Crippen LogP contribution in [0, 0.1) is 0 Å². The van der Waals surface area contributed by atoms with E-state index in [-0.39, 0.29) is 17.9 Å². The van der Waals surface area contributed by atoms with Gasteiger partial charge in [0.05, 0.1) is 6.61 Å². The molecule has 130 valence electrons. The van der Waals surface area contributed by atoms with E-state index in [0.717, 1.165) is 13.1 Å². The Morgan fingerprint density at radius 1 is 1.08 bits per heavy atom. The lowest BCUT2D eigenvalue weighted by Crippen LogP contribution is -2.42. The van der Waals surface area contributed by atoms with Crippen molar-refractivity contribution in [1.82, 2.24) is 4.90 Å². The van der Waals surface area contributed by atoms with Gasteiger partial charge in [0.2, 0.25) is 0 Å². The average molecular weight is 335 g/mol. The number of ether oxygens (including phenoxy) is 1. The molecule has 0 saturated heterocycles. The number of carbonyl (C=O) groups excluding carboxylic acids is 1. The SMILES string of the molecule is CCOC(=O)C1CC=C[C@H](c2ccccc2)CN1Cc1ccccc1. The van der Waals surface area contributed by atoms with Gasteiger partial charge in [0.15, 0.2) is 0 Å². The van der Waals surface area contributed by atoms with E-state index in [9.17, 15) is 4.79 Å². The smallest absolute Gasteiger partial charge is 0.323 e. The molecule has 0 aromatic heterocycles. The fourth-order valence-corrected chi connectivity index (χ4v) is 3.35. The molecule has 3 heteroatoms. The summed E-state index contributed by atoms with van der Waals surface area (Å²) >= 11 is 0. The van der Waals surface area contributed by atoms with Crippen LogP contribution in [0.1, 0.15) is 30.4 Å². The lowest BCUT2D eigenvalue weighted by atomic mass is 9.98. The number of hydrogen-bond donors (Lipinski definition) is 0. The first kappa shape index (κ1) is 17.4. The molecule has 1 aliphatic heterocycles. The van der Waals surface area contributed by atoms with E-state index < -0.39 is 0 Å². The molecule has 2 aromatic rings. The standard InChI is InChI=1S/C22H25NO2/c1-2-25-22(24)21-15-9-14-20(19-12-7-4-8-13-19)17-23(21)16-18-10-5-3-6-11-18/h3-14,20-21H,2,15-17H2,1H3/t20-,21?/m0/s1. The average Bonchev–Trinajstić information content (AvgIpc) is 2.86. The van der Waals surface area contributed by atoms with Crippen LogP contribution in [0.4, 0.5) is 0 Å². The van der Waals surface area contributed by atoms with Gasteiger partial charge in [-0.2, -0.15) is 0 Å². The molecule has 0 radical (unpaired) electrons. The minimum absolute atomic E-state index is 0.128. The summed E-state index contributed by atoms with van der Waals surface area (Å²) in [5.74, 6) is 0.154. The van der Waals surface area contributed by atoms with E-state index in [1.54, 1.807) is 0 Å². The molecule has 3 nitrogen and oxygen atoms in total. The van der Waals surface area contributed by atoms with Crippen LogP contribution in [-0.4, -0.2) is 30.1 Å². The zero-order chi connectivity index (χ0) is 17.5. The second-order valence-corrected chi connectivity index (χ2v) is 6.36. The van der Waals surface area contributed by atoms with Gasteiger partial charge >= 0.3 is 5.97 Å². The van der Waals surface area contributed by atoms with Crippen LogP contribution in [0.15, 0.2) is 72.8 Å². The number of benzene rings is 2. The van der Waals surface area contributed by atoms with Crippen molar-refractivity contribution in [1.29, 1.82) is 0 Å². The summed E-state index contributed by atoms with van der Waals surface area (Å²) < 4.78 is 5.33. The molecule has 25 heavy (non-hydrogen) atoms. The Hall–Kier alpha value is -2.39. The highest BCUT2D eigenvalue weighted by Crippen LogP contribution is 2.26. The fourth-order valence-electron chi connectivity index (χ4n) is 3.35. The first-order valence-electron chi connectivity index (χ1n) is 8.94. The lowest BCUT2D eigenvalue weighted by molar-refractivity contribution is -0.149. The van der Waals surface area contributed by atoms with Gasteiger partial charge in [-0.15, -0.1) is 0 Å². The molecule has 1 unspecified atom stereocenters. The number of carbonyl (C=O) groups is 1. The maximum atomic E-state index is 12.5. The molecular weight excluding hydrogens is 310 g/mol. The van der Waals surface area contributed by atoms with Gasteiger partial charge in [0, 0.05) is 19.0 Å². The zero-order valence-electron chi connectivity index (χ0n) is 14.7. The normalized spacial score (nSPS) is 20.8. The van der Waals surface area contributed by atoms with Crippen molar-refractivity contribution in [3.05, 3.63) is 83.9 Å². The molecule has 1 aliphatic rings. The van der Waals surface area contributed by atoms with E-state index in [4.69, 9.17) is 4.74 Å². The predicted octanol–water partition coefficient (Wildman–Crippen LogP) is 4.16. The maximum absolute atomic E-state index is 12.5. The zero-order valence-corrected chi connectivity index (χ0v) is 14.7. The monoisotopic (exact) mass is 335 g/mol. The van der Waals surface area contributed by atoms with E-state index in [1.807, 2.05) is 31.2 Å². The minimum atomic E-state index is -0.231. The summed E-state index contributed by atoms with van der Waals surface area (Å²) in [4.78, 5) is 14.8. The van der Waals surface area contributed by atoms with Gasteiger partial charge in [-0.05, 0) is 24.5 Å². The Balaban J connectivity index is 1.84. The van der Waals surface area contributed by atoms with Gasteiger partial charge in [-0.3, -0.25) is 9.69 Å². The van der Waals surface area contributed by atoms with Gasteiger partial charge in [0.25, 0.3) is 0 Å². The van der Waals surface area contributed by atoms with Crippen molar-refractivity contribution in [3.63, 3.8) is 0 Å². The molecule has 2 aromatic carbocycles. The second-order valence-electron chi connectivity index (χ2n) is 6.36. The molecule has 0 N–H and O–H groups in total. The minimum Gasteiger partial charge on any atom is -0.465 e. The summed E-state index contributed by atoms with van der Waals surface area (Å²) in [6, 6.07) is 20.6. The molecule has 0 bridgehead atoms. The van der Waals surface area contributed by atoms with Crippen LogP contribution in [0.25, 0.3) is 0 Å². The van der Waals surface area contributed by atoms with Crippen LogP contribution in [0.3, 0.4) is 0 Å². The molecule has 2 atom stereocenters. The number of nitrogens with zero attached hydrogens (tertiary/aromatic N) is 1. The summed E-state index contributed by atoms with van der Waals surface area (Å²) in [5, 5.41) is 0. The number of esters is 1. The lowest BCUT2D eigenvalue weighted by Gasteiger charge is -2.30. The third kappa shape index (κ3) is 4.58. The number of rotatable bonds is 5. The van der Waals surface area contributed by atoms with Gasteiger partial charge in [-0.25, -0.2) is 0 Å². The Morgan fingerprint density at radius 2 is 1.76 bits per heavy atom. The van der Waals surface area contributed by atoms with Crippen molar-refractivity contribution in [2.45, 2.75) is 31.8 Å². The Morgan fingerprint density at radius 3 is 2.44 bits per heavy atom. The third-order valence-corrected chi connectivity index (χ3v) is 4.61. The van der Waals surface area contributed by atoms with E-state index >= 15 is 0 Å². The molecule has 1 heterocycles. The molecule has 0 amide bonds. The third-order valence-electron chi connectivity index (χ3n) is 4.61. The van der Waals surface area contributed by atoms with Gasteiger partial charge < -0.3 is 4.74 Å². The topological polar surface area (TPSA) is 29.5 Å². The van der Waals surface area contributed by atoms with Crippen LogP contribution < -0.4 is 0 Å². The van der Waals surface area contributed by atoms with Gasteiger partial charge in [-0.1, -0.05) is 72.8 Å². The van der Waals surface area contributed by atoms with Crippen molar-refractivity contribution in [3.8, 4) is 0 Å².